The van der Waals surface area contributed by atoms with Crippen LogP contribution in [0.4, 0.5) is 17.6 Å². The largest absolute Gasteiger partial charge is 0.480 e. The molecule has 0 unspecified atom stereocenters. The fourth-order valence-electron chi connectivity index (χ4n) is 2.19. The lowest BCUT2D eigenvalue weighted by Gasteiger charge is -2.24. The molecular formula is C14H12F4N2O3. The first kappa shape index (κ1) is 16.9. The molecule has 1 heterocycles. The van der Waals surface area contributed by atoms with Crippen molar-refractivity contribution in [3.05, 3.63) is 53.2 Å². The maximum Gasteiger partial charge on any atom is 0.416 e. The van der Waals surface area contributed by atoms with E-state index in [0.717, 1.165) is 6.07 Å². The van der Waals surface area contributed by atoms with Gasteiger partial charge in [-0.05, 0) is 30.8 Å². The predicted molar refractivity (Wildman–Crippen MR) is 69.7 cm³/mol. The Morgan fingerprint density at radius 2 is 2.09 bits per heavy atom. The lowest BCUT2D eigenvalue weighted by Crippen LogP contribution is -2.31. The van der Waals surface area contributed by atoms with E-state index in [-0.39, 0.29) is 12.1 Å². The van der Waals surface area contributed by atoms with Gasteiger partial charge in [0.25, 0.3) is 0 Å². The molecule has 0 saturated heterocycles. The first-order valence-electron chi connectivity index (χ1n) is 6.38. The summed E-state index contributed by atoms with van der Waals surface area (Å²) in [4.78, 5) is 12.7. The number of likely N-dealkylation sites (N-methyl/N-ethyl adjacent to an activating group) is 1. The lowest BCUT2D eigenvalue weighted by molar-refractivity contribution is -0.144. The number of carboxylic acid groups (broad SMARTS) is 1. The normalized spacial score (nSPS) is 13.3. The highest BCUT2D eigenvalue weighted by Crippen LogP contribution is 2.33. The Morgan fingerprint density at radius 1 is 1.39 bits per heavy atom. The van der Waals surface area contributed by atoms with E-state index < -0.39 is 29.6 Å². The van der Waals surface area contributed by atoms with Gasteiger partial charge >= 0.3 is 12.1 Å². The van der Waals surface area contributed by atoms with Crippen molar-refractivity contribution in [3.8, 4) is 0 Å². The van der Waals surface area contributed by atoms with Gasteiger partial charge in [0.1, 0.15) is 18.1 Å². The minimum atomic E-state index is -4.77. The molecule has 2 aromatic rings. The zero-order valence-electron chi connectivity index (χ0n) is 11.8. The fourth-order valence-corrected chi connectivity index (χ4v) is 2.19. The van der Waals surface area contributed by atoms with Crippen molar-refractivity contribution in [1.29, 1.82) is 0 Å². The van der Waals surface area contributed by atoms with Crippen molar-refractivity contribution in [2.24, 2.45) is 0 Å². The molecule has 0 aliphatic heterocycles. The summed E-state index contributed by atoms with van der Waals surface area (Å²) in [5, 5.41) is 12.9. The predicted octanol–water partition coefficient (Wildman–Crippen LogP) is 3.09. The van der Waals surface area contributed by atoms with E-state index >= 15 is 0 Å². The van der Waals surface area contributed by atoms with Crippen molar-refractivity contribution in [2.45, 2.75) is 18.8 Å². The molecular weight excluding hydrogens is 320 g/mol. The average molecular weight is 332 g/mol. The molecule has 2 rings (SSSR count). The summed E-state index contributed by atoms with van der Waals surface area (Å²) in [7, 11) is 1.38. The Kier molecular flexibility index (Phi) is 4.69. The van der Waals surface area contributed by atoms with Crippen molar-refractivity contribution in [2.75, 3.05) is 7.05 Å². The molecule has 124 valence electrons. The zero-order valence-corrected chi connectivity index (χ0v) is 11.8. The van der Waals surface area contributed by atoms with Gasteiger partial charge in [0.15, 0.2) is 0 Å². The van der Waals surface area contributed by atoms with Crippen LogP contribution in [0.1, 0.15) is 22.9 Å². The highest BCUT2D eigenvalue weighted by Gasteiger charge is 2.34. The van der Waals surface area contributed by atoms with Crippen LogP contribution in [-0.2, 0) is 17.5 Å². The molecule has 0 aliphatic carbocycles. The molecule has 1 N–H and O–H groups in total. The first-order chi connectivity index (χ1) is 10.7. The number of carbonyl (C=O) groups is 1. The Hall–Kier alpha value is -2.42. The molecule has 0 fully saturated rings. The fraction of sp³-hybridized carbons (Fsp3) is 0.286. The van der Waals surface area contributed by atoms with E-state index in [1.165, 1.54) is 24.3 Å². The smallest absolute Gasteiger partial charge is 0.416 e. The number of rotatable bonds is 5. The third kappa shape index (κ3) is 4.07. The highest BCUT2D eigenvalue weighted by molar-refractivity contribution is 5.75. The van der Waals surface area contributed by atoms with E-state index in [1.807, 2.05) is 0 Å². The summed E-state index contributed by atoms with van der Waals surface area (Å²) in [6.45, 7) is 0.00529. The zero-order chi connectivity index (χ0) is 17.2. The third-order valence-corrected chi connectivity index (χ3v) is 3.14. The Labute approximate surface area is 128 Å². The van der Waals surface area contributed by atoms with Crippen LogP contribution in [0.25, 0.3) is 0 Å². The Bertz CT molecular complexity index is 686. The second-order valence-corrected chi connectivity index (χ2v) is 4.92. The molecule has 1 aromatic carbocycles. The average Bonchev–Trinajstić information content (AvgIpc) is 2.89. The first-order valence-corrected chi connectivity index (χ1v) is 6.38. The molecule has 0 aliphatic rings. The van der Waals surface area contributed by atoms with Gasteiger partial charge in [0.2, 0.25) is 0 Å². The van der Waals surface area contributed by atoms with Gasteiger partial charge in [-0.25, -0.2) is 4.39 Å². The van der Waals surface area contributed by atoms with Crippen LogP contribution in [0, 0.1) is 5.82 Å². The third-order valence-electron chi connectivity index (χ3n) is 3.14. The van der Waals surface area contributed by atoms with E-state index in [9.17, 15) is 27.5 Å². The number of hydrogen-bond donors (Lipinski definition) is 1. The van der Waals surface area contributed by atoms with Crippen molar-refractivity contribution < 1.29 is 32.0 Å². The van der Waals surface area contributed by atoms with Gasteiger partial charge in [-0.2, -0.15) is 13.2 Å². The van der Waals surface area contributed by atoms with Gasteiger partial charge in [0, 0.05) is 12.6 Å². The minimum absolute atomic E-state index is 0.00529. The van der Waals surface area contributed by atoms with Crippen molar-refractivity contribution in [1.82, 2.24) is 10.1 Å². The molecule has 0 saturated carbocycles. The molecule has 9 heteroatoms. The van der Waals surface area contributed by atoms with Crippen molar-refractivity contribution in [3.63, 3.8) is 0 Å². The van der Waals surface area contributed by atoms with E-state index in [4.69, 9.17) is 0 Å². The summed E-state index contributed by atoms with van der Waals surface area (Å²) < 4.78 is 56.4. The number of halogens is 4. The molecule has 5 nitrogen and oxygen atoms in total. The number of alkyl halides is 3. The number of benzene rings is 1. The van der Waals surface area contributed by atoms with E-state index in [2.05, 4.69) is 9.68 Å². The van der Waals surface area contributed by atoms with Crippen LogP contribution < -0.4 is 0 Å². The Balaban J connectivity index is 2.37. The second-order valence-electron chi connectivity index (χ2n) is 4.92. The quantitative estimate of drug-likeness (QED) is 0.852. The molecule has 23 heavy (non-hydrogen) atoms. The summed E-state index contributed by atoms with van der Waals surface area (Å²) >= 11 is 0. The number of hydrogen-bond acceptors (Lipinski definition) is 4. The van der Waals surface area contributed by atoms with Gasteiger partial charge in [0.05, 0.1) is 11.3 Å². The summed E-state index contributed by atoms with van der Waals surface area (Å²) in [6, 6.07) is 1.74. The number of carboxylic acids is 1. The SMILES string of the molecule is CN(Cc1ccon1)[C@H](C(=O)O)c1cc(F)cc(C(F)(F)F)c1. The number of aliphatic carboxylic acids is 1. The van der Waals surface area contributed by atoms with Gasteiger partial charge in [-0.3, -0.25) is 9.69 Å². The minimum Gasteiger partial charge on any atom is -0.480 e. The van der Waals surface area contributed by atoms with Crippen LogP contribution in [0.2, 0.25) is 0 Å². The number of nitrogens with zero attached hydrogens (tertiary/aromatic N) is 2. The van der Waals surface area contributed by atoms with Crippen molar-refractivity contribution >= 4 is 5.97 Å². The molecule has 0 bridgehead atoms. The van der Waals surface area contributed by atoms with Gasteiger partial charge in [-0.15, -0.1) is 0 Å². The van der Waals surface area contributed by atoms with E-state index in [0.29, 0.717) is 17.8 Å². The molecule has 1 atom stereocenters. The van der Waals surface area contributed by atoms with Crippen LogP contribution in [0.15, 0.2) is 35.1 Å². The van der Waals surface area contributed by atoms with Crippen LogP contribution >= 0.6 is 0 Å². The van der Waals surface area contributed by atoms with Gasteiger partial charge in [-0.1, -0.05) is 5.16 Å². The van der Waals surface area contributed by atoms with Crippen LogP contribution in [0.3, 0.4) is 0 Å². The highest BCUT2D eigenvalue weighted by atomic mass is 19.4. The molecule has 0 amide bonds. The maximum absolute atomic E-state index is 13.5. The molecule has 0 spiro atoms. The summed E-state index contributed by atoms with van der Waals surface area (Å²) in [5.74, 6) is -2.56. The molecule has 0 radical (unpaired) electrons. The Morgan fingerprint density at radius 3 is 2.61 bits per heavy atom. The van der Waals surface area contributed by atoms with Crippen LogP contribution in [-0.4, -0.2) is 28.2 Å². The van der Waals surface area contributed by atoms with Crippen LogP contribution in [0.5, 0.6) is 0 Å². The molecule has 1 aromatic heterocycles. The topological polar surface area (TPSA) is 66.6 Å². The monoisotopic (exact) mass is 332 g/mol. The summed E-state index contributed by atoms with van der Waals surface area (Å²) in [5.41, 5.74) is -1.16. The lowest BCUT2D eigenvalue weighted by atomic mass is 10.0. The summed E-state index contributed by atoms with van der Waals surface area (Å²) in [6.07, 6.45) is -3.49. The second kappa shape index (κ2) is 6.37. The number of aromatic nitrogens is 1. The van der Waals surface area contributed by atoms with Gasteiger partial charge < -0.3 is 9.63 Å². The standard InChI is InChI=1S/C14H12F4N2O3/c1-20(7-11-2-3-23-19-11)12(13(21)22)8-4-9(14(16,17)18)6-10(15)5-8/h2-6,12H,7H2,1H3,(H,21,22)/t12-/m0/s1. The maximum atomic E-state index is 13.5. The van der Waals surface area contributed by atoms with E-state index in [1.54, 1.807) is 0 Å².